The van der Waals surface area contributed by atoms with E-state index in [1.807, 2.05) is 6.92 Å². The van der Waals surface area contributed by atoms with Crippen molar-refractivity contribution in [1.82, 2.24) is 4.98 Å². The maximum atomic E-state index is 13.5. The molecule has 31 heavy (non-hydrogen) atoms. The molecule has 2 amide bonds. The molecule has 1 atom stereocenters. The van der Waals surface area contributed by atoms with Crippen molar-refractivity contribution >= 4 is 34.8 Å². The molecule has 0 aliphatic heterocycles. The van der Waals surface area contributed by atoms with Crippen LogP contribution in [0.5, 0.6) is 5.75 Å². The highest BCUT2D eigenvalue weighted by atomic mass is 35.5. The van der Waals surface area contributed by atoms with Crippen LogP contribution >= 0.6 is 11.6 Å². The molecule has 0 fully saturated rings. The van der Waals surface area contributed by atoms with Gasteiger partial charge in [-0.2, -0.15) is 0 Å². The molecule has 0 saturated heterocycles. The topological polar surface area (TPSA) is 71.5 Å². The minimum absolute atomic E-state index is 0.324. The van der Waals surface area contributed by atoms with Crippen molar-refractivity contribution < 1.29 is 18.7 Å². The zero-order valence-electron chi connectivity index (χ0n) is 16.8. The lowest BCUT2D eigenvalue weighted by Gasteiger charge is -2.30. The second-order valence-corrected chi connectivity index (χ2v) is 6.74. The van der Waals surface area contributed by atoms with Crippen LogP contribution in [0, 0.1) is 5.82 Å². The number of pyridine rings is 1. The van der Waals surface area contributed by atoms with Crippen molar-refractivity contribution in [1.29, 1.82) is 0 Å². The lowest BCUT2D eigenvalue weighted by molar-refractivity contribution is -0.122. The van der Waals surface area contributed by atoms with E-state index >= 15 is 0 Å². The van der Waals surface area contributed by atoms with Gasteiger partial charge in [0, 0.05) is 17.6 Å². The molecule has 1 heterocycles. The summed E-state index contributed by atoms with van der Waals surface area (Å²) in [5.74, 6) is -1.17. The summed E-state index contributed by atoms with van der Waals surface area (Å²) in [7, 11) is 0. The largest absolute Gasteiger partial charge is 0.494 e. The number of hydrogen-bond acceptors (Lipinski definition) is 4. The molecule has 0 unspecified atom stereocenters. The molecular formula is C23H21ClFN3O3. The molecule has 0 aliphatic rings. The summed E-state index contributed by atoms with van der Waals surface area (Å²) >= 11 is 5.84. The summed E-state index contributed by atoms with van der Waals surface area (Å²) in [5.41, 5.74) is 1.19. The number of anilines is 2. The first-order valence-corrected chi connectivity index (χ1v) is 10.1. The van der Waals surface area contributed by atoms with Crippen LogP contribution in [-0.4, -0.2) is 29.3 Å². The van der Waals surface area contributed by atoms with Gasteiger partial charge in [-0.1, -0.05) is 6.07 Å². The summed E-state index contributed by atoms with van der Waals surface area (Å²) in [5, 5.41) is 2.80. The number of halogens is 2. The van der Waals surface area contributed by atoms with E-state index in [4.69, 9.17) is 16.3 Å². The number of hydrogen-bond donors (Lipinski definition) is 1. The molecule has 8 heteroatoms. The molecule has 0 spiro atoms. The highest BCUT2D eigenvalue weighted by molar-refractivity contribution is 6.30. The molecule has 0 bridgehead atoms. The molecule has 1 aromatic heterocycles. The predicted octanol–water partition coefficient (Wildman–Crippen LogP) is 4.57. The summed E-state index contributed by atoms with van der Waals surface area (Å²) in [6, 6.07) is 16.1. The van der Waals surface area contributed by atoms with E-state index in [1.165, 1.54) is 35.4 Å². The van der Waals surface area contributed by atoms with Crippen LogP contribution in [0.15, 0.2) is 72.9 Å². The Hall–Kier alpha value is -3.45. The van der Waals surface area contributed by atoms with E-state index in [1.54, 1.807) is 42.5 Å². The van der Waals surface area contributed by atoms with E-state index < -0.39 is 23.7 Å². The molecule has 160 valence electrons. The number of benzene rings is 2. The monoisotopic (exact) mass is 441 g/mol. The predicted molar refractivity (Wildman–Crippen MR) is 118 cm³/mol. The molecule has 6 nitrogen and oxygen atoms in total. The quantitative estimate of drug-likeness (QED) is 0.520. The SMILES string of the molecule is CCOc1ccc(NC(=O)[C@@H](c2ccccn2)N(C(=O)CCl)c2ccc(F)cc2)cc1. The molecule has 3 aromatic rings. The molecule has 3 rings (SSSR count). The summed E-state index contributed by atoms with van der Waals surface area (Å²) in [4.78, 5) is 31.6. The second-order valence-electron chi connectivity index (χ2n) is 6.48. The number of carbonyl (C=O) groups excluding carboxylic acids is 2. The van der Waals surface area contributed by atoms with Crippen molar-refractivity contribution in [2.24, 2.45) is 0 Å². The smallest absolute Gasteiger partial charge is 0.253 e. The van der Waals surface area contributed by atoms with Gasteiger partial charge in [0.05, 0.1) is 12.3 Å². The Kier molecular flexibility index (Phi) is 7.56. The molecule has 0 saturated carbocycles. The van der Waals surface area contributed by atoms with Crippen LogP contribution in [0.25, 0.3) is 0 Å². The third kappa shape index (κ3) is 5.58. The van der Waals surface area contributed by atoms with Gasteiger partial charge in [-0.25, -0.2) is 4.39 Å². The van der Waals surface area contributed by atoms with Crippen LogP contribution in [0.3, 0.4) is 0 Å². The number of aromatic nitrogens is 1. The van der Waals surface area contributed by atoms with Gasteiger partial charge >= 0.3 is 0 Å². The van der Waals surface area contributed by atoms with Crippen molar-refractivity contribution in [2.75, 3.05) is 22.7 Å². The van der Waals surface area contributed by atoms with Crippen molar-refractivity contribution in [3.05, 3.63) is 84.4 Å². The number of nitrogens with zero attached hydrogens (tertiary/aromatic N) is 2. The number of carbonyl (C=O) groups is 2. The van der Waals surface area contributed by atoms with Gasteiger partial charge in [-0.15, -0.1) is 11.6 Å². The van der Waals surface area contributed by atoms with Crippen LogP contribution in [0.2, 0.25) is 0 Å². The Morgan fingerprint density at radius 1 is 1.10 bits per heavy atom. The first-order valence-electron chi connectivity index (χ1n) is 9.61. The third-order valence-electron chi connectivity index (χ3n) is 4.40. The van der Waals surface area contributed by atoms with Gasteiger partial charge in [0.25, 0.3) is 5.91 Å². The average Bonchev–Trinajstić information content (AvgIpc) is 2.79. The molecule has 0 radical (unpaired) electrons. The molecular weight excluding hydrogens is 421 g/mol. The zero-order valence-corrected chi connectivity index (χ0v) is 17.6. The number of alkyl halides is 1. The fourth-order valence-electron chi connectivity index (χ4n) is 3.04. The highest BCUT2D eigenvalue weighted by Crippen LogP contribution is 2.29. The van der Waals surface area contributed by atoms with E-state index in [0.29, 0.717) is 29.4 Å². The van der Waals surface area contributed by atoms with Crippen LogP contribution in [-0.2, 0) is 9.59 Å². The first-order chi connectivity index (χ1) is 15.0. The van der Waals surface area contributed by atoms with Crippen LogP contribution in [0.1, 0.15) is 18.7 Å². The molecule has 0 aliphatic carbocycles. The van der Waals surface area contributed by atoms with Crippen LogP contribution in [0.4, 0.5) is 15.8 Å². The Morgan fingerprint density at radius 2 is 1.81 bits per heavy atom. The zero-order chi connectivity index (χ0) is 22.2. The number of amides is 2. The Balaban J connectivity index is 1.98. The minimum atomic E-state index is -1.12. The van der Waals surface area contributed by atoms with E-state index in [0.717, 1.165) is 0 Å². The third-order valence-corrected chi connectivity index (χ3v) is 4.62. The van der Waals surface area contributed by atoms with Crippen LogP contribution < -0.4 is 15.0 Å². The van der Waals surface area contributed by atoms with Crippen molar-refractivity contribution in [3.8, 4) is 5.75 Å². The van der Waals surface area contributed by atoms with Crippen molar-refractivity contribution in [3.63, 3.8) is 0 Å². The van der Waals surface area contributed by atoms with Crippen molar-refractivity contribution in [2.45, 2.75) is 13.0 Å². The van der Waals surface area contributed by atoms with Gasteiger partial charge in [-0.05, 0) is 67.6 Å². The first kappa shape index (κ1) is 22.2. The summed E-state index contributed by atoms with van der Waals surface area (Å²) in [6.45, 7) is 2.41. The Labute approximate surface area is 184 Å². The maximum Gasteiger partial charge on any atom is 0.253 e. The lowest BCUT2D eigenvalue weighted by Crippen LogP contribution is -2.42. The lowest BCUT2D eigenvalue weighted by atomic mass is 10.1. The minimum Gasteiger partial charge on any atom is -0.494 e. The fraction of sp³-hybridized carbons (Fsp3) is 0.174. The number of nitrogens with one attached hydrogen (secondary N) is 1. The Morgan fingerprint density at radius 3 is 2.39 bits per heavy atom. The molecule has 2 aromatic carbocycles. The maximum absolute atomic E-state index is 13.5. The van der Waals surface area contributed by atoms with Gasteiger partial charge in [0.15, 0.2) is 6.04 Å². The Bertz CT molecular complexity index is 1010. The van der Waals surface area contributed by atoms with Gasteiger partial charge in [-0.3, -0.25) is 19.5 Å². The summed E-state index contributed by atoms with van der Waals surface area (Å²) in [6.07, 6.45) is 1.53. The normalized spacial score (nSPS) is 11.5. The number of ether oxygens (including phenoxy) is 1. The van der Waals surface area contributed by atoms with E-state index in [-0.39, 0.29) is 5.88 Å². The van der Waals surface area contributed by atoms with E-state index in [2.05, 4.69) is 10.3 Å². The average molecular weight is 442 g/mol. The standard InChI is InChI=1S/C23H21ClFN3O3/c1-2-31-19-12-8-17(9-13-19)27-23(30)22(20-5-3-4-14-26-20)28(21(29)15-24)18-10-6-16(25)7-11-18/h3-14,22H,2,15H2,1H3,(H,27,30)/t22-/m1/s1. The highest BCUT2D eigenvalue weighted by Gasteiger charge is 2.33. The van der Waals surface area contributed by atoms with Gasteiger partial charge < -0.3 is 10.1 Å². The number of rotatable bonds is 8. The fourth-order valence-corrected chi connectivity index (χ4v) is 3.17. The summed E-state index contributed by atoms with van der Waals surface area (Å²) < 4.78 is 18.9. The second kappa shape index (κ2) is 10.5. The van der Waals surface area contributed by atoms with Gasteiger partial charge in [0.2, 0.25) is 5.91 Å². The van der Waals surface area contributed by atoms with Gasteiger partial charge in [0.1, 0.15) is 17.4 Å². The molecule has 1 N–H and O–H groups in total. The van der Waals surface area contributed by atoms with E-state index in [9.17, 15) is 14.0 Å².